The molecule has 194 valence electrons. The van der Waals surface area contributed by atoms with Gasteiger partial charge in [-0.2, -0.15) is 0 Å². The Labute approximate surface area is 221 Å². The molecule has 4 heterocycles. The van der Waals surface area contributed by atoms with Crippen molar-refractivity contribution < 1.29 is 18.9 Å². The maximum absolute atomic E-state index is 6.63. The topological polar surface area (TPSA) is 101 Å². The number of halogens is 2. The lowest BCUT2D eigenvalue weighted by molar-refractivity contribution is 0.0699. The van der Waals surface area contributed by atoms with E-state index in [-0.39, 0.29) is 0 Å². The molecule has 1 aromatic carbocycles. The highest BCUT2D eigenvalue weighted by atomic mass is 35.5. The maximum Gasteiger partial charge on any atom is 0.141 e. The second kappa shape index (κ2) is 12.6. The normalized spacial score (nSPS) is 15.9. The molecule has 8 nitrogen and oxygen atoms in total. The highest BCUT2D eigenvalue weighted by Crippen LogP contribution is 2.46. The minimum atomic E-state index is 0.360. The summed E-state index contributed by atoms with van der Waals surface area (Å²) in [6.45, 7) is 4.35. The van der Waals surface area contributed by atoms with Gasteiger partial charge in [-0.25, -0.2) is 9.97 Å². The van der Waals surface area contributed by atoms with E-state index >= 15 is 0 Å². The van der Waals surface area contributed by atoms with Crippen LogP contribution in [0.15, 0.2) is 24.4 Å². The maximum atomic E-state index is 6.63. The molecule has 2 fully saturated rings. The standard InChI is InChI=1S/C22H24Cl2N4O3.C4H8O/c1-29-16-9-17(30-2)21(24)19(20(16)23)15-7-13-11-26-18(25)8-14(13)22(28-15)27-10-12-3-5-31-6-4-12;1-2-4-5-3-1/h7-9,11-12H,3-6,10H2,1-2H3,(H2,25,26)(H,27,28);1-4H2. The zero-order valence-corrected chi connectivity index (χ0v) is 22.1. The van der Waals surface area contributed by atoms with Crippen LogP contribution in [0.5, 0.6) is 11.5 Å². The molecule has 0 spiro atoms. The number of nitrogens with two attached hydrogens (primary N) is 1. The lowest BCUT2D eigenvalue weighted by Crippen LogP contribution is -2.23. The first kappa shape index (κ1) is 26.5. The molecule has 0 amide bonds. The fourth-order valence-electron chi connectivity index (χ4n) is 4.24. The van der Waals surface area contributed by atoms with Crippen LogP contribution >= 0.6 is 23.2 Å². The van der Waals surface area contributed by atoms with Crippen LogP contribution in [0, 0.1) is 5.92 Å². The summed E-state index contributed by atoms with van der Waals surface area (Å²) < 4.78 is 21.2. The highest BCUT2D eigenvalue weighted by Gasteiger charge is 2.22. The summed E-state index contributed by atoms with van der Waals surface area (Å²) >= 11 is 13.3. The monoisotopic (exact) mass is 534 g/mol. The number of nitrogen functional groups attached to an aromatic ring is 1. The zero-order chi connectivity index (χ0) is 25.5. The van der Waals surface area contributed by atoms with Crippen LogP contribution in [0.4, 0.5) is 11.6 Å². The van der Waals surface area contributed by atoms with Crippen molar-refractivity contribution in [3.8, 4) is 22.8 Å². The van der Waals surface area contributed by atoms with E-state index in [1.165, 1.54) is 12.8 Å². The first-order valence-electron chi connectivity index (χ1n) is 12.1. The fourth-order valence-corrected chi connectivity index (χ4v) is 4.93. The van der Waals surface area contributed by atoms with Crippen molar-refractivity contribution in [1.82, 2.24) is 9.97 Å². The molecule has 3 N–H and O–H groups in total. The van der Waals surface area contributed by atoms with Crippen LogP contribution in [-0.4, -0.2) is 57.2 Å². The van der Waals surface area contributed by atoms with E-state index < -0.39 is 0 Å². The number of anilines is 2. The molecule has 0 radical (unpaired) electrons. The van der Waals surface area contributed by atoms with Gasteiger partial charge < -0.3 is 30.0 Å². The fraction of sp³-hybridized carbons (Fsp3) is 0.462. The predicted molar refractivity (Wildman–Crippen MR) is 145 cm³/mol. The summed E-state index contributed by atoms with van der Waals surface area (Å²) in [4.78, 5) is 9.10. The first-order chi connectivity index (χ1) is 17.5. The number of nitrogens with zero attached hydrogens (tertiary/aromatic N) is 2. The Hall–Kier alpha value is -2.52. The molecule has 0 bridgehead atoms. The number of aromatic nitrogens is 2. The van der Waals surface area contributed by atoms with Gasteiger partial charge in [0.05, 0.1) is 30.0 Å². The van der Waals surface area contributed by atoms with Gasteiger partial charge in [-0.3, -0.25) is 0 Å². The molecule has 0 unspecified atom stereocenters. The molecule has 2 saturated heterocycles. The molecule has 2 aliphatic rings. The van der Waals surface area contributed by atoms with Gasteiger partial charge in [0.25, 0.3) is 0 Å². The molecular formula is C26H32Cl2N4O4. The summed E-state index contributed by atoms with van der Waals surface area (Å²) in [5.74, 6) is 2.54. The van der Waals surface area contributed by atoms with E-state index in [0.29, 0.717) is 50.4 Å². The van der Waals surface area contributed by atoms with Crippen LogP contribution in [0.3, 0.4) is 0 Å². The first-order valence-corrected chi connectivity index (χ1v) is 12.8. The number of nitrogens with one attached hydrogen (secondary N) is 1. The number of ether oxygens (including phenoxy) is 4. The van der Waals surface area contributed by atoms with Crippen LogP contribution < -0.4 is 20.5 Å². The van der Waals surface area contributed by atoms with Crippen molar-refractivity contribution in [2.24, 2.45) is 5.92 Å². The SMILES string of the molecule is C1CCOC1.COc1cc(OC)c(Cl)c(-c2cc3cnc(N)cc3c(NCC3CCOCC3)n2)c1Cl. The number of fused-ring (bicyclic) bond motifs is 1. The Morgan fingerprint density at radius 3 is 2.19 bits per heavy atom. The molecule has 0 atom stereocenters. The quantitative estimate of drug-likeness (QED) is 0.406. The summed E-state index contributed by atoms with van der Waals surface area (Å²) in [7, 11) is 3.08. The average Bonchev–Trinajstić information content (AvgIpc) is 3.49. The van der Waals surface area contributed by atoms with E-state index in [1.807, 2.05) is 12.1 Å². The molecule has 0 saturated carbocycles. The summed E-state index contributed by atoms with van der Waals surface area (Å²) in [5.41, 5.74) is 7.07. The Bertz CT molecular complexity index is 1150. The largest absolute Gasteiger partial charge is 0.495 e. The number of hydrogen-bond donors (Lipinski definition) is 2. The van der Waals surface area contributed by atoms with Crippen molar-refractivity contribution in [3.05, 3.63) is 34.4 Å². The summed E-state index contributed by atoms with van der Waals surface area (Å²) in [5, 5.41) is 5.96. The lowest BCUT2D eigenvalue weighted by atomic mass is 10.0. The highest BCUT2D eigenvalue weighted by molar-refractivity contribution is 6.41. The van der Waals surface area contributed by atoms with Gasteiger partial charge in [-0.05, 0) is 43.7 Å². The van der Waals surface area contributed by atoms with Crippen LogP contribution in [0.2, 0.25) is 10.0 Å². The smallest absolute Gasteiger partial charge is 0.141 e. The minimum absolute atomic E-state index is 0.360. The molecule has 5 rings (SSSR count). The van der Waals surface area contributed by atoms with Gasteiger partial charge in [-0.15, -0.1) is 0 Å². The molecule has 2 aliphatic heterocycles. The van der Waals surface area contributed by atoms with E-state index in [1.54, 1.807) is 26.5 Å². The van der Waals surface area contributed by atoms with Crippen molar-refractivity contribution >= 4 is 45.6 Å². The van der Waals surface area contributed by atoms with Gasteiger partial charge in [0.2, 0.25) is 0 Å². The molecule has 0 aliphatic carbocycles. The predicted octanol–water partition coefficient (Wildman–Crippen LogP) is 5.84. The molecule has 36 heavy (non-hydrogen) atoms. The van der Waals surface area contributed by atoms with Crippen molar-refractivity contribution in [3.63, 3.8) is 0 Å². The van der Waals surface area contributed by atoms with Gasteiger partial charge >= 0.3 is 0 Å². The van der Waals surface area contributed by atoms with Crippen molar-refractivity contribution in [2.75, 3.05) is 58.2 Å². The Kier molecular flexibility index (Phi) is 9.31. The van der Waals surface area contributed by atoms with Gasteiger partial charge in [0.15, 0.2) is 0 Å². The second-order valence-electron chi connectivity index (χ2n) is 8.73. The summed E-state index contributed by atoms with van der Waals surface area (Å²) in [6.07, 6.45) is 6.30. The second-order valence-corrected chi connectivity index (χ2v) is 9.48. The van der Waals surface area contributed by atoms with Crippen molar-refractivity contribution in [1.29, 1.82) is 0 Å². The van der Waals surface area contributed by atoms with Crippen LogP contribution in [0.25, 0.3) is 22.0 Å². The Morgan fingerprint density at radius 2 is 1.61 bits per heavy atom. The number of rotatable bonds is 6. The zero-order valence-electron chi connectivity index (χ0n) is 20.6. The number of hydrogen-bond acceptors (Lipinski definition) is 8. The summed E-state index contributed by atoms with van der Waals surface area (Å²) in [6, 6.07) is 5.35. The average molecular weight is 535 g/mol. The third kappa shape index (κ3) is 6.24. The van der Waals surface area contributed by atoms with Gasteiger partial charge in [0, 0.05) is 61.6 Å². The van der Waals surface area contributed by atoms with Gasteiger partial charge in [-0.1, -0.05) is 23.2 Å². The molecule has 3 aromatic rings. The molecule has 10 heteroatoms. The van der Waals surface area contributed by atoms with Gasteiger partial charge in [0.1, 0.15) is 23.1 Å². The Morgan fingerprint density at radius 1 is 0.972 bits per heavy atom. The third-order valence-corrected chi connectivity index (χ3v) is 7.04. The molecule has 2 aromatic heterocycles. The minimum Gasteiger partial charge on any atom is -0.495 e. The van der Waals surface area contributed by atoms with Crippen LogP contribution in [0.1, 0.15) is 25.7 Å². The number of methoxy groups -OCH3 is 2. The third-order valence-electron chi connectivity index (χ3n) is 6.29. The van der Waals surface area contributed by atoms with E-state index in [0.717, 1.165) is 56.6 Å². The van der Waals surface area contributed by atoms with E-state index in [4.69, 9.17) is 52.9 Å². The van der Waals surface area contributed by atoms with E-state index in [2.05, 4.69) is 10.3 Å². The molecular weight excluding hydrogens is 503 g/mol. The number of pyridine rings is 2. The Balaban J connectivity index is 0.000000543. The van der Waals surface area contributed by atoms with Crippen molar-refractivity contribution in [2.45, 2.75) is 25.7 Å². The number of benzene rings is 1. The van der Waals surface area contributed by atoms with E-state index in [9.17, 15) is 0 Å². The van der Waals surface area contributed by atoms with Crippen LogP contribution in [-0.2, 0) is 9.47 Å². The lowest BCUT2D eigenvalue weighted by Gasteiger charge is -2.23.